The highest BCUT2D eigenvalue weighted by Gasteiger charge is 2.41. The minimum atomic E-state index is -2.34. The summed E-state index contributed by atoms with van der Waals surface area (Å²) in [6, 6.07) is 14.6. The molecule has 2 aromatic carbocycles. The zero-order valence-corrected chi connectivity index (χ0v) is 23.7. The average molecular weight is 491 g/mol. The van der Waals surface area contributed by atoms with E-state index in [0.29, 0.717) is 17.9 Å². The van der Waals surface area contributed by atoms with Gasteiger partial charge in [-0.25, -0.2) is 0 Å². The Labute approximate surface area is 196 Å². The third kappa shape index (κ3) is 8.67. The van der Waals surface area contributed by atoms with Gasteiger partial charge in [-0.15, -0.1) is 0 Å². The third-order valence-electron chi connectivity index (χ3n) is 4.55. The number of carbonyl (C=O) groups excluding carboxylic acids is 1. The molecule has 1 unspecified atom stereocenters. The summed E-state index contributed by atoms with van der Waals surface area (Å²) in [6.07, 6.45) is 0. The molecule has 1 atom stereocenters. The zero-order chi connectivity index (χ0) is 24.2. The van der Waals surface area contributed by atoms with Crippen LogP contribution in [0.25, 0.3) is 0 Å². The molecule has 0 fully saturated rings. The van der Waals surface area contributed by atoms with Crippen LogP contribution in [0.1, 0.15) is 22.8 Å². The Morgan fingerprint density at radius 1 is 0.906 bits per heavy atom. The van der Waals surface area contributed by atoms with E-state index in [9.17, 15) is 9.90 Å². The fourth-order valence-electron chi connectivity index (χ4n) is 3.87. The molecule has 0 amide bonds. The van der Waals surface area contributed by atoms with Gasteiger partial charge < -0.3 is 18.1 Å². The fraction of sp³-hybridized carbons (Fsp3) is 0.458. The van der Waals surface area contributed by atoms with Crippen LogP contribution in [0.2, 0.25) is 51.9 Å². The molecule has 2 aromatic rings. The normalized spacial score (nSPS) is 13.6. The smallest absolute Gasteiger partial charge is 0.314 e. The van der Waals surface area contributed by atoms with Gasteiger partial charge in [-0.05, 0) is 69.9 Å². The SMILES string of the molecule is CC(COc1ccc(C(=O)c2ccccc2)c(O)c1)C[Si](C)(O[Si](C)(C)C)O[Si](C)(C)C. The van der Waals surface area contributed by atoms with Gasteiger partial charge in [0.05, 0.1) is 12.2 Å². The Balaban J connectivity index is 2.04. The van der Waals surface area contributed by atoms with E-state index in [-0.39, 0.29) is 23.0 Å². The van der Waals surface area contributed by atoms with Gasteiger partial charge in [-0.1, -0.05) is 37.3 Å². The quantitative estimate of drug-likeness (QED) is 0.291. The number of benzene rings is 2. The molecule has 0 spiro atoms. The minimum absolute atomic E-state index is 0.0765. The minimum Gasteiger partial charge on any atom is -0.507 e. The lowest BCUT2D eigenvalue weighted by atomic mass is 10.0. The Bertz CT molecular complexity index is 888. The Hall–Kier alpha value is -1.72. The molecule has 0 aliphatic heterocycles. The number of ether oxygens (including phenoxy) is 1. The first-order valence-corrected chi connectivity index (χ1v) is 20.5. The van der Waals surface area contributed by atoms with Gasteiger partial charge in [0, 0.05) is 11.6 Å². The van der Waals surface area contributed by atoms with E-state index in [1.807, 2.05) is 6.07 Å². The van der Waals surface area contributed by atoms with Gasteiger partial charge in [-0.3, -0.25) is 4.79 Å². The monoisotopic (exact) mass is 490 g/mol. The standard InChI is InChI=1S/C24H38O5Si3/c1-19(18-32(8,28-30(2,3)4)29-31(5,6)7)17-27-21-14-15-22(23(25)16-21)24(26)20-12-10-9-11-13-20/h9-16,19,25H,17-18H2,1-8H3. The van der Waals surface area contributed by atoms with Crippen molar-refractivity contribution in [3.8, 4) is 11.5 Å². The predicted molar refractivity (Wildman–Crippen MR) is 138 cm³/mol. The van der Waals surface area contributed by atoms with Gasteiger partial charge >= 0.3 is 8.56 Å². The summed E-state index contributed by atoms with van der Waals surface area (Å²) in [5.74, 6) is 0.482. The maximum Gasteiger partial charge on any atom is 0.314 e. The molecule has 0 bridgehead atoms. The van der Waals surface area contributed by atoms with Crippen molar-refractivity contribution >= 4 is 31.0 Å². The lowest BCUT2D eigenvalue weighted by Gasteiger charge is -2.39. The van der Waals surface area contributed by atoms with Crippen molar-refractivity contribution in [3.63, 3.8) is 0 Å². The van der Waals surface area contributed by atoms with E-state index in [4.69, 9.17) is 13.0 Å². The highest BCUT2D eigenvalue weighted by atomic mass is 28.5. The molecule has 0 heterocycles. The lowest BCUT2D eigenvalue weighted by Crippen LogP contribution is -2.53. The van der Waals surface area contributed by atoms with E-state index in [2.05, 4.69) is 52.8 Å². The first-order chi connectivity index (χ1) is 14.7. The van der Waals surface area contributed by atoms with Gasteiger partial charge in [0.15, 0.2) is 22.4 Å². The number of hydrogen-bond acceptors (Lipinski definition) is 5. The second-order valence-electron chi connectivity index (χ2n) is 10.6. The molecule has 176 valence electrons. The fourth-order valence-corrected chi connectivity index (χ4v) is 16.8. The molecule has 32 heavy (non-hydrogen) atoms. The Morgan fingerprint density at radius 3 is 1.97 bits per heavy atom. The maximum atomic E-state index is 12.6. The van der Waals surface area contributed by atoms with Crippen molar-refractivity contribution in [1.29, 1.82) is 0 Å². The summed E-state index contributed by atoms with van der Waals surface area (Å²) >= 11 is 0. The number of aromatic hydroxyl groups is 1. The van der Waals surface area contributed by atoms with E-state index in [0.717, 1.165) is 6.04 Å². The van der Waals surface area contributed by atoms with Crippen LogP contribution in [0.15, 0.2) is 48.5 Å². The van der Waals surface area contributed by atoms with Crippen LogP contribution in [0.4, 0.5) is 0 Å². The highest BCUT2D eigenvalue weighted by Crippen LogP contribution is 2.29. The molecule has 1 N–H and O–H groups in total. The van der Waals surface area contributed by atoms with Crippen molar-refractivity contribution in [1.82, 2.24) is 0 Å². The van der Waals surface area contributed by atoms with Crippen molar-refractivity contribution in [2.45, 2.75) is 58.8 Å². The second-order valence-corrected chi connectivity index (χ2v) is 23.3. The van der Waals surface area contributed by atoms with Crippen molar-refractivity contribution in [3.05, 3.63) is 59.7 Å². The first kappa shape index (κ1) is 26.5. The van der Waals surface area contributed by atoms with Crippen LogP contribution >= 0.6 is 0 Å². The predicted octanol–water partition coefficient (Wildman–Crippen LogP) is 6.41. The Morgan fingerprint density at radius 2 is 1.47 bits per heavy atom. The highest BCUT2D eigenvalue weighted by molar-refractivity contribution is 6.87. The number of carbonyl (C=O) groups is 1. The zero-order valence-electron chi connectivity index (χ0n) is 20.7. The van der Waals surface area contributed by atoms with Gasteiger partial charge in [0.25, 0.3) is 0 Å². The van der Waals surface area contributed by atoms with E-state index in [1.165, 1.54) is 6.07 Å². The van der Waals surface area contributed by atoms with Gasteiger partial charge in [0.1, 0.15) is 11.5 Å². The average Bonchev–Trinajstić information content (AvgIpc) is 2.63. The number of phenolic OH excluding ortho intramolecular Hbond substituents is 1. The Kier molecular flexibility index (Phi) is 8.69. The molecule has 8 heteroatoms. The summed E-state index contributed by atoms with van der Waals surface area (Å²) in [5.41, 5.74) is 0.808. The molecule has 0 saturated carbocycles. The number of hydrogen-bond donors (Lipinski definition) is 1. The molecule has 2 rings (SSSR count). The van der Waals surface area contributed by atoms with Gasteiger partial charge in [-0.2, -0.15) is 0 Å². The van der Waals surface area contributed by atoms with E-state index < -0.39 is 25.2 Å². The number of phenols is 1. The number of ketones is 1. The molecule has 0 radical (unpaired) electrons. The van der Waals surface area contributed by atoms with Crippen LogP contribution in [-0.4, -0.2) is 42.7 Å². The van der Waals surface area contributed by atoms with Crippen molar-refractivity contribution in [2.24, 2.45) is 5.92 Å². The largest absolute Gasteiger partial charge is 0.507 e. The topological polar surface area (TPSA) is 65.0 Å². The second kappa shape index (κ2) is 10.5. The summed E-state index contributed by atoms with van der Waals surface area (Å²) < 4.78 is 19.1. The van der Waals surface area contributed by atoms with Gasteiger partial charge in [0.2, 0.25) is 0 Å². The van der Waals surface area contributed by atoms with Crippen molar-refractivity contribution in [2.75, 3.05) is 6.61 Å². The maximum absolute atomic E-state index is 12.6. The van der Waals surface area contributed by atoms with Crippen LogP contribution in [-0.2, 0) is 8.23 Å². The third-order valence-corrected chi connectivity index (χ3v) is 14.3. The molecule has 5 nitrogen and oxygen atoms in total. The first-order valence-electron chi connectivity index (χ1n) is 11.1. The molecule has 0 saturated heterocycles. The summed E-state index contributed by atoms with van der Waals surface area (Å²) in [7, 11) is -5.84. The van der Waals surface area contributed by atoms with E-state index >= 15 is 0 Å². The summed E-state index contributed by atoms with van der Waals surface area (Å²) in [5, 5.41) is 10.4. The summed E-state index contributed by atoms with van der Waals surface area (Å²) in [6.45, 7) is 18.0. The lowest BCUT2D eigenvalue weighted by molar-refractivity contribution is 0.103. The summed E-state index contributed by atoms with van der Waals surface area (Å²) in [4.78, 5) is 12.6. The molecule has 0 aliphatic rings. The van der Waals surface area contributed by atoms with Crippen LogP contribution in [0.3, 0.4) is 0 Å². The van der Waals surface area contributed by atoms with Crippen LogP contribution < -0.4 is 4.74 Å². The van der Waals surface area contributed by atoms with Crippen LogP contribution in [0, 0.1) is 5.92 Å². The number of rotatable bonds is 11. The van der Waals surface area contributed by atoms with Crippen LogP contribution in [0.5, 0.6) is 11.5 Å². The van der Waals surface area contributed by atoms with Crippen molar-refractivity contribution < 1.29 is 22.9 Å². The molecular weight excluding hydrogens is 453 g/mol. The molecule has 0 aromatic heterocycles. The molecular formula is C24H38O5Si3. The van der Waals surface area contributed by atoms with E-state index in [1.54, 1.807) is 36.4 Å². The molecule has 0 aliphatic carbocycles.